The van der Waals surface area contributed by atoms with Gasteiger partial charge in [0.1, 0.15) is 11.8 Å². The molecular formula is C14H15N3O4. The van der Waals surface area contributed by atoms with Crippen LogP contribution in [0, 0.1) is 0 Å². The number of aromatic amines is 1. The summed E-state index contributed by atoms with van der Waals surface area (Å²) in [7, 11) is 0. The van der Waals surface area contributed by atoms with E-state index in [9.17, 15) is 14.7 Å². The highest BCUT2D eigenvalue weighted by atomic mass is 16.4. The molecule has 21 heavy (non-hydrogen) atoms. The summed E-state index contributed by atoms with van der Waals surface area (Å²) in [4.78, 5) is 25.9. The standard InChI is InChI=1S/C14H15N3O4/c1-8(17-21)13(18)16-12(14(19)20)6-9-7-15-11-5-3-2-4-10(9)11/h2-5,7,12,15,21H,6H2,1H3,(H,16,18)(H,19,20)/t12-/m0/s1. The van der Waals surface area contributed by atoms with Crippen molar-refractivity contribution < 1.29 is 19.9 Å². The molecule has 2 aromatic rings. The Bertz CT molecular complexity index is 705. The van der Waals surface area contributed by atoms with Gasteiger partial charge in [-0.05, 0) is 18.6 Å². The monoisotopic (exact) mass is 289 g/mol. The molecule has 1 aromatic carbocycles. The van der Waals surface area contributed by atoms with Crippen LogP contribution in [-0.2, 0) is 16.0 Å². The smallest absolute Gasteiger partial charge is 0.326 e. The molecule has 2 rings (SSSR count). The van der Waals surface area contributed by atoms with Gasteiger partial charge in [-0.1, -0.05) is 23.4 Å². The second kappa shape index (κ2) is 6.08. The van der Waals surface area contributed by atoms with E-state index in [4.69, 9.17) is 5.21 Å². The number of fused-ring (bicyclic) bond motifs is 1. The molecule has 0 aliphatic heterocycles. The lowest BCUT2D eigenvalue weighted by Gasteiger charge is -2.13. The third kappa shape index (κ3) is 3.19. The second-order valence-electron chi connectivity index (χ2n) is 4.61. The quantitative estimate of drug-likeness (QED) is 0.375. The predicted octanol–water partition coefficient (Wildman–Crippen LogP) is 1.13. The molecule has 0 aliphatic carbocycles. The average molecular weight is 289 g/mol. The number of carbonyl (C=O) groups is 2. The summed E-state index contributed by atoms with van der Waals surface area (Å²) in [6, 6.07) is 6.39. The van der Waals surface area contributed by atoms with Crippen molar-refractivity contribution in [3.05, 3.63) is 36.0 Å². The molecule has 1 amide bonds. The molecule has 110 valence electrons. The first-order chi connectivity index (χ1) is 10.0. The Morgan fingerprint density at radius 1 is 1.38 bits per heavy atom. The van der Waals surface area contributed by atoms with Crippen molar-refractivity contribution in [3.8, 4) is 0 Å². The number of aromatic nitrogens is 1. The number of hydrogen-bond acceptors (Lipinski definition) is 4. The number of oxime groups is 1. The highest BCUT2D eigenvalue weighted by Gasteiger charge is 2.22. The Balaban J connectivity index is 2.20. The zero-order chi connectivity index (χ0) is 15.4. The van der Waals surface area contributed by atoms with Gasteiger partial charge in [0.15, 0.2) is 0 Å². The molecule has 0 spiro atoms. The number of benzene rings is 1. The number of rotatable bonds is 5. The minimum atomic E-state index is -1.15. The molecule has 7 nitrogen and oxygen atoms in total. The molecule has 1 heterocycles. The number of para-hydroxylation sites is 1. The summed E-state index contributed by atoms with van der Waals surface area (Å²) in [6.07, 6.45) is 1.85. The van der Waals surface area contributed by atoms with Crippen LogP contribution in [0.4, 0.5) is 0 Å². The average Bonchev–Trinajstić information content (AvgIpc) is 2.88. The summed E-state index contributed by atoms with van der Waals surface area (Å²) in [5.41, 5.74) is 1.49. The van der Waals surface area contributed by atoms with Crippen molar-refractivity contribution in [2.75, 3.05) is 0 Å². The van der Waals surface area contributed by atoms with Crippen molar-refractivity contribution >= 4 is 28.5 Å². The fourth-order valence-corrected chi connectivity index (χ4v) is 2.03. The maximum atomic E-state index is 11.6. The molecule has 7 heteroatoms. The molecule has 0 aliphatic rings. The van der Waals surface area contributed by atoms with Crippen molar-refractivity contribution in [1.29, 1.82) is 0 Å². The zero-order valence-electron chi connectivity index (χ0n) is 11.3. The van der Waals surface area contributed by atoms with Crippen LogP contribution in [0.15, 0.2) is 35.6 Å². The Hall–Kier alpha value is -2.83. The number of amides is 1. The van der Waals surface area contributed by atoms with Crippen LogP contribution in [0.1, 0.15) is 12.5 Å². The topological polar surface area (TPSA) is 115 Å². The Labute approximate surface area is 120 Å². The normalized spacial score (nSPS) is 13.1. The first kappa shape index (κ1) is 14.6. The minimum absolute atomic E-state index is 0.129. The number of nitrogens with zero attached hydrogens (tertiary/aromatic N) is 1. The maximum absolute atomic E-state index is 11.6. The van der Waals surface area contributed by atoms with E-state index in [1.165, 1.54) is 6.92 Å². The summed E-state index contributed by atoms with van der Waals surface area (Å²) in [5, 5.41) is 23.7. The van der Waals surface area contributed by atoms with E-state index < -0.39 is 17.9 Å². The van der Waals surface area contributed by atoms with Gasteiger partial charge in [-0.2, -0.15) is 0 Å². The van der Waals surface area contributed by atoms with Crippen molar-refractivity contribution in [2.24, 2.45) is 5.16 Å². The number of carboxylic acids is 1. The van der Waals surface area contributed by atoms with Crippen LogP contribution in [0.3, 0.4) is 0 Å². The first-order valence-corrected chi connectivity index (χ1v) is 6.30. The number of carbonyl (C=O) groups excluding carboxylic acids is 1. The molecular weight excluding hydrogens is 274 g/mol. The first-order valence-electron chi connectivity index (χ1n) is 6.30. The van der Waals surface area contributed by atoms with Crippen LogP contribution >= 0.6 is 0 Å². The number of aliphatic carboxylic acids is 1. The van der Waals surface area contributed by atoms with E-state index in [1.54, 1.807) is 6.20 Å². The predicted molar refractivity (Wildman–Crippen MR) is 76.5 cm³/mol. The van der Waals surface area contributed by atoms with Crippen LogP contribution in [0.25, 0.3) is 10.9 Å². The van der Waals surface area contributed by atoms with Crippen molar-refractivity contribution in [1.82, 2.24) is 10.3 Å². The fourth-order valence-electron chi connectivity index (χ4n) is 2.03. The third-order valence-electron chi connectivity index (χ3n) is 3.18. The van der Waals surface area contributed by atoms with Crippen LogP contribution in [0.2, 0.25) is 0 Å². The summed E-state index contributed by atoms with van der Waals surface area (Å²) in [6.45, 7) is 1.29. The van der Waals surface area contributed by atoms with Gasteiger partial charge in [0.2, 0.25) is 0 Å². The van der Waals surface area contributed by atoms with Crippen LogP contribution < -0.4 is 5.32 Å². The van der Waals surface area contributed by atoms with E-state index in [-0.39, 0.29) is 12.1 Å². The van der Waals surface area contributed by atoms with Gasteiger partial charge < -0.3 is 20.6 Å². The summed E-state index contributed by atoms with van der Waals surface area (Å²) in [5.74, 6) is -1.87. The van der Waals surface area contributed by atoms with Crippen LogP contribution in [0.5, 0.6) is 0 Å². The second-order valence-corrected chi connectivity index (χ2v) is 4.61. The van der Waals surface area contributed by atoms with Gasteiger partial charge in [0.25, 0.3) is 5.91 Å². The van der Waals surface area contributed by atoms with E-state index in [2.05, 4.69) is 15.5 Å². The molecule has 4 N–H and O–H groups in total. The maximum Gasteiger partial charge on any atom is 0.326 e. The van der Waals surface area contributed by atoms with E-state index in [1.807, 2.05) is 24.3 Å². The minimum Gasteiger partial charge on any atom is -0.480 e. The highest BCUT2D eigenvalue weighted by molar-refractivity contribution is 6.38. The number of hydrogen-bond donors (Lipinski definition) is 4. The summed E-state index contributed by atoms with van der Waals surface area (Å²) < 4.78 is 0. The highest BCUT2D eigenvalue weighted by Crippen LogP contribution is 2.19. The summed E-state index contributed by atoms with van der Waals surface area (Å²) >= 11 is 0. The van der Waals surface area contributed by atoms with Crippen molar-refractivity contribution in [2.45, 2.75) is 19.4 Å². The fraction of sp³-hybridized carbons (Fsp3) is 0.214. The molecule has 0 radical (unpaired) electrons. The van der Waals surface area contributed by atoms with Gasteiger partial charge in [-0.3, -0.25) is 4.79 Å². The molecule has 0 unspecified atom stereocenters. The van der Waals surface area contributed by atoms with E-state index >= 15 is 0 Å². The lowest BCUT2D eigenvalue weighted by Crippen LogP contribution is -2.44. The molecule has 0 fully saturated rings. The molecule has 1 atom stereocenters. The number of carboxylic acid groups (broad SMARTS) is 1. The van der Waals surface area contributed by atoms with Crippen LogP contribution in [-0.4, -0.2) is 38.9 Å². The largest absolute Gasteiger partial charge is 0.480 e. The Kier molecular flexibility index (Phi) is 4.22. The Morgan fingerprint density at radius 3 is 2.76 bits per heavy atom. The van der Waals surface area contributed by atoms with Gasteiger partial charge in [0, 0.05) is 23.5 Å². The lowest BCUT2D eigenvalue weighted by atomic mass is 10.0. The van der Waals surface area contributed by atoms with Gasteiger partial charge in [-0.25, -0.2) is 4.79 Å². The molecule has 1 aromatic heterocycles. The zero-order valence-corrected chi connectivity index (χ0v) is 11.3. The SMILES string of the molecule is CC(=NO)C(=O)N[C@@H](Cc1c[nH]c2ccccc12)C(=O)O. The van der Waals surface area contributed by atoms with E-state index in [0.29, 0.717) is 0 Å². The third-order valence-corrected chi connectivity index (χ3v) is 3.18. The number of nitrogens with one attached hydrogen (secondary N) is 2. The van der Waals surface area contributed by atoms with Gasteiger partial charge >= 0.3 is 5.97 Å². The lowest BCUT2D eigenvalue weighted by molar-refractivity contribution is -0.141. The molecule has 0 saturated heterocycles. The van der Waals surface area contributed by atoms with E-state index in [0.717, 1.165) is 16.5 Å². The van der Waals surface area contributed by atoms with Gasteiger partial charge in [-0.15, -0.1) is 0 Å². The molecule has 0 saturated carbocycles. The molecule has 0 bridgehead atoms. The Morgan fingerprint density at radius 2 is 2.10 bits per heavy atom. The van der Waals surface area contributed by atoms with Gasteiger partial charge in [0.05, 0.1) is 0 Å². The van der Waals surface area contributed by atoms with Crippen molar-refractivity contribution in [3.63, 3.8) is 0 Å². The number of H-pyrrole nitrogens is 1.